The van der Waals surface area contributed by atoms with Crippen LogP contribution in [0.2, 0.25) is 5.02 Å². The predicted octanol–water partition coefficient (Wildman–Crippen LogP) is 3.82. The van der Waals surface area contributed by atoms with E-state index in [9.17, 15) is 14.5 Å². The molecule has 1 aromatic heterocycles. The van der Waals surface area contributed by atoms with Crippen LogP contribution < -0.4 is 5.32 Å². The van der Waals surface area contributed by atoms with Crippen LogP contribution in [0.1, 0.15) is 19.0 Å². The van der Waals surface area contributed by atoms with Crippen molar-refractivity contribution in [3.63, 3.8) is 0 Å². The number of nitro groups is 1. The summed E-state index contributed by atoms with van der Waals surface area (Å²) in [5, 5.41) is 18.3. The molecule has 0 saturated carbocycles. The van der Waals surface area contributed by atoms with Crippen molar-refractivity contribution in [1.82, 2.24) is 9.78 Å². The van der Waals surface area contributed by atoms with Gasteiger partial charge in [-0.15, -0.1) is 0 Å². The summed E-state index contributed by atoms with van der Waals surface area (Å²) in [5.41, 5.74) is 0.802. The molecule has 6 nitrogen and oxygen atoms in total. The quantitative estimate of drug-likeness (QED) is 0.673. The molecule has 0 unspecified atom stereocenters. The number of hydrogen-bond acceptors (Lipinski definition) is 4. The maximum absolute atomic E-state index is 13.1. The lowest BCUT2D eigenvalue weighted by atomic mass is 10.2. The van der Waals surface area contributed by atoms with Crippen LogP contribution in [-0.2, 0) is 13.5 Å². The first-order valence-electron chi connectivity index (χ1n) is 6.36. The molecule has 0 saturated heterocycles. The Morgan fingerprint density at radius 3 is 2.81 bits per heavy atom. The number of rotatable bonds is 5. The molecule has 0 fully saturated rings. The van der Waals surface area contributed by atoms with Crippen molar-refractivity contribution >= 4 is 28.8 Å². The monoisotopic (exact) mass is 312 g/mol. The summed E-state index contributed by atoms with van der Waals surface area (Å²) in [6.07, 6.45) is 1.26. The average molecular weight is 313 g/mol. The van der Waals surface area contributed by atoms with Gasteiger partial charge in [-0.3, -0.25) is 10.1 Å². The second kappa shape index (κ2) is 6.09. The van der Waals surface area contributed by atoms with E-state index < -0.39 is 10.7 Å². The van der Waals surface area contributed by atoms with E-state index in [1.54, 1.807) is 7.05 Å². The predicted molar refractivity (Wildman–Crippen MR) is 78.6 cm³/mol. The summed E-state index contributed by atoms with van der Waals surface area (Å²) in [5.74, 6) is -0.306. The van der Waals surface area contributed by atoms with Crippen LogP contribution in [-0.4, -0.2) is 14.7 Å². The van der Waals surface area contributed by atoms with Gasteiger partial charge < -0.3 is 5.32 Å². The van der Waals surface area contributed by atoms with Gasteiger partial charge in [0.25, 0.3) is 0 Å². The van der Waals surface area contributed by atoms with Crippen molar-refractivity contribution in [3.8, 4) is 0 Å². The number of nitrogens with one attached hydrogen (secondary N) is 1. The lowest BCUT2D eigenvalue weighted by Gasteiger charge is -2.06. The van der Waals surface area contributed by atoms with Crippen LogP contribution in [0.3, 0.4) is 0 Å². The molecule has 2 aromatic rings. The molecule has 0 atom stereocenters. The summed E-state index contributed by atoms with van der Waals surface area (Å²) in [6, 6.07) is 4.02. The van der Waals surface area contributed by atoms with E-state index in [0.29, 0.717) is 17.8 Å². The molecule has 0 bridgehead atoms. The molecular weight excluding hydrogens is 299 g/mol. The van der Waals surface area contributed by atoms with Crippen LogP contribution in [0.25, 0.3) is 0 Å². The second-order valence-corrected chi connectivity index (χ2v) is 4.94. The number of hydrogen-bond donors (Lipinski definition) is 1. The molecule has 2 rings (SSSR count). The minimum Gasteiger partial charge on any atom is -0.335 e. The molecule has 0 amide bonds. The van der Waals surface area contributed by atoms with Crippen molar-refractivity contribution < 1.29 is 9.31 Å². The first-order chi connectivity index (χ1) is 9.93. The van der Waals surface area contributed by atoms with Gasteiger partial charge in [-0.25, -0.2) is 9.07 Å². The third-order valence-electron chi connectivity index (χ3n) is 2.94. The number of halogens is 2. The van der Waals surface area contributed by atoms with Crippen LogP contribution in [0.5, 0.6) is 0 Å². The number of anilines is 2. The highest BCUT2D eigenvalue weighted by molar-refractivity contribution is 6.31. The molecule has 1 aromatic carbocycles. The number of nitrogens with zero attached hydrogens (tertiary/aromatic N) is 3. The Bertz CT molecular complexity index is 687. The minimum atomic E-state index is -0.548. The highest BCUT2D eigenvalue weighted by Gasteiger charge is 2.26. The molecule has 0 radical (unpaired) electrons. The van der Waals surface area contributed by atoms with Crippen LogP contribution in [0.15, 0.2) is 18.2 Å². The van der Waals surface area contributed by atoms with Crippen molar-refractivity contribution in [2.75, 3.05) is 5.32 Å². The Hall–Kier alpha value is -2.15. The van der Waals surface area contributed by atoms with Gasteiger partial charge in [0.05, 0.1) is 9.95 Å². The fourth-order valence-corrected chi connectivity index (χ4v) is 2.20. The van der Waals surface area contributed by atoms with E-state index in [0.717, 1.165) is 6.42 Å². The lowest BCUT2D eigenvalue weighted by molar-refractivity contribution is -0.384. The number of aromatic nitrogens is 2. The molecule has 0 aliphatic carbocycles. The zero-order chi connectivity index (χ0) is 15.6. The molecule has 0 aliphatic heterocycles. The largest absolute Gasteiger partial charge is 0.335 e. The molecular formula is C13H14ClFN4O2. The smallest absolute Gasteiger partial charge is 0.334 e. The van der Waals surface area contributed by atoms with Gasteiger partial charge in [0.2, 0.25) is 5.82 Å². The van der Waals surface area contributed by atoms with Crippen molar-refractivity contribution in [2.24, 2.45) is 7.05 Å². The Kier molecular flexibility index (Phi) is 4.42. The SMILES string of the molecule is CCCc1nn(C)c(Nc2ccc(F)c(Cl)c2)c1[N+](=O)[O-]. The van der Waals surface area contributed by atoms with Crippen LogP contribution in [0.4, 0.5) is 21.6 Å². The van der Waals surface area contributed by atoms with E-state index in [4.69, 9.17) is 11.6 Å². The van der Waals surface area contributed by atoms with Gasteiger partial charge in [0, 0.05) is 12.7 Å². The molecule has 21 heavy (non-hydrogen) atoms. The number of aryl methyl sites for hydroxylation is 2. The van der Waals surface area contributed by atoms with Gasteiger partial charge in [-0.2, -0.15) is 5.10 Å². The fourth-order valence-electron chi connectivity index (χ4n) is 2.02. The van der Waals surface area contributed by atoms with Crippen molar-refractivity contribution in [2.45, 2.75) is 19.8 Å². The zero-order valence-electron chi connectivity index (χ0n) is 11.6. The topological polar surface area (TPSA) is 73.0 Å². The van der Waals surface area contributed by atoms with E-state index in [1.165, 1.54) is 22.9 Å². The molecule has 8 heteroatoms. The van der Waals surface area contributed by atoms with Gasteiger partial charge in [-0.05, 0) is 24.6 Å². The highest BCUT2D eigenvalue weighted by atomic mass is 35.5. The van der Waals surface area contributed by atoms with Gasteiger partial charge >= 0.3 is 5.69 Å². The summed E-state index contributed by atoms with van der Waals surface area (Å²) in [6.45, 7) is 1.92. The van der Waals surface area contributed by atoms with Gasteiger partial charge in [0.15, 0.2) is 0 Å². The molecule has 0 aliphatic rings. The minimum absolute atomic E-state index is 0.0568. The summed E-state index contributed by atoms with van der Waals surface area (Å²) >= 11 is 5.71. The van der Waals surface area contributed by atoms with Crippen LogP contribution in [0, 0.1) is 15.9 Å². The molecule has 0 spiro atoms. The maximum Gasteiger partial charge on any atom is 0.334 e. The number of benzene rings is 1. The first kappa shape index (κ1) is 15.2. The maximum atomic E-state index is 13.1. The van der Waals surface area contributed by atoms with E-state index in [-0.39, 0.29) is 16.5 Å². The van der Waals surface area contributed by atoms with Crippen molar-refractivity contribution in [3.05, 3.63) is 44.8 Å². The standard InChI is InChI=1S/C13H14ClFN4O2/c1-3-4-11-12(19(20)21)13(18(2)17-11)16-8-5-6-10(15)9(14)7-8/h5-7,16H,3-4H2,1-2H3. The Morgan fingerprint density at radius 2 is 2.24 bits per heavy atom. The van der Waals surface area contributed by atoms with Crippen molar-refractivity contribution in [1.29, 1.82) is 0 Å². The normalized spacial score (nSPS) is 10.7. The highest BCUT2D eigenvalue weighted by Crippen LogP contribution is 2.32. The van der Waals surface area contributed by atoms with Gasteiger partial charge in [-0.1, -0.05) is 24.9 Å². The van der Waals surface area contributed by atoms with E-state index in [1.807, 2.05) is 6.92 Å². The third kappa shape index (κ3) is 3.13. The zero-order valence-corrected chi connectivity index (χ0v) is 12.3. The molecule has 1 heterocycles. The second-order valence-electron chi connectivity index (χ2n) is 4.53. The molecule has 1 N–H and O–H groups in total. The summed E-state index contributed by atoms with van der Waals surface area (Å²) in [7, 11) is 1.61. The Balaban J connectivity index is 2.43. The van der Waals surface area contributed by atoms with E-state index >= 15 is 0 Å². The first-order valence-corrected chi connectivity index (χ1v) is 6.74. The average Bonchev–Trinajstić information content (AvgIpc) is 2.71. The molecule has 112 valence electrons. The summed E-state index contributed by atoms with van der Waals surface area (Å²) < 4.78 is 14.5. The van der Waals surface area contributed by atoms with Gasteiger partial charge in [0.1, 0.15) is 11.5 Å². The summed E-state index contributed by atoms with van der Waals surface area (Å²) in [4.78, 5) is 10.8. The van der Waals surface area contributed by atoms with E-state index in [2.05, 4.69) is 10.4 Å². The Morgan fingerprint density at radius 1 is 1.52 bits per heavy atom. The third-order valence-corrected chi connectivity index (χ3v) is 3.23. The van der Waals surface area contributed by atoms with Crippen LogP contribution >= 0.6 is 11.6 Å². The fraction of sp³-hybridized carbons (Fsp3) is 0.308. The Labute approximate surface area is 125 Å². The lowest BCUT2D eigenvalue weighted by Crippen LogP contribution is -2.01.